The van der Waals surface area contributed by atoms with E-state index >= 15 is 4.39 Å². The van der Waals surface area contributed by atoms with Crippen molar-refractivity contribution in [3.63, 3.8) is 0 Å². The number of nitrogens with zero attached hydrogens (tertiary/aromatic N) is 1. The lowest BCUT2D eigenvalue weighted by molar-refractivity contribution is -0.176. The molecular formula is C19H31FN2O6. The maximum Gasteiger partial charge on any atom is 0.330 e. The molecule has 0 spiro atoms. The second-order valence-electron chi connectivity index (χ2n) is 7.02. The van der Waals surface area contributed by atoms with Crippen LogP contribution in [0, 0.1) is 0 Å². The van der Waals surface area contributed by atoms with Crippen LogP contribution in [0.25, 0.3) is 0 Å². The topological polar surface area (TPSA) is 91.8 Å². The molecule has 0 aliphatic carbocycles. The van der Waals surface area contributed by atoms with Gasteiger partial charge < -0.3 is 18.9 Å². The van der Waals surface area contributed by atoms with Crippen LogP contribution in [-0.4, -0.2) is 61.0 Å². The number of nitrogens with one attached hydrogen (secondary N) is 1. The molecule has 4 atom stereocenters. The highest BCUT2D eigenvalue weighted by molar-refractivity contribution is 5.03. The first-order valence-electron chi connectivity index (χ1n) is 9.80. The van der Waals surface area contributed by atoms with Gasteiger partial charge in [-0.3, -0.25) is 14.3 Å². The van der Waals surface area contributed by atoms with Gasteiger partial charge in [-0.2, -0.15) is 0 Å². The van der Waals surface area contributed by atoms with Crippen molar-refractivity contribution in [1.82, 2.24) is 9.55 Å². The predicted octanol–water partition coefficient (Wildman–Crippen LogP) is 1.79. The summed E-state index contributed by atoms with van der Waals surface area (Å²) in [6.45, 7) is 5.05. The van der Waals surface area contributed by atoms with Gasteiger partial charge in [0.15, 0.2) is 12.4 Å². The van der Waals surface area contributed by atoms with E-state index in [4.69, 9.17) is 18.9 Å². The fraction of sp³-hybridized carbons (Fsp3) is 0.789. The van der Waals surface area contributed by atoms with Crippen LogP contribution in [0.5, 0.6) is 0 Å². The average molecular weight is 402 g/mol. The Morgan fingerprint density at radius 2 is 1.93 bits per heavy atom. The number of aromatic nitrogens is 2. The van der Waals surface area contributed by atoms with Crippen molar-refractivity contribution in [3.05, 3.63) is 33.1 Å². The SMILES string of the molecule is CCCCOC[C@@]1(COC)O[C@@H](n2ccc(=O)[nH]c2=O)[C@H](F)[C@@H]1OCCCC. The van der Waals surface area contributed by atoms with Gasteiger partial charge in [-0.1, -0.05) is 26.7 Å². The minimum atomic E-state index is -1.63. The molecule has 0 bridgehead atoms. The smallest absolute Gasteiger partial charge is 0.330 e. The van der Waals surface area contributed by atoms with Gasteiger partial charge in [0.05, 0.1) is 13.2 Å². The van der Waals surface area contributed by atoms with Crippen molar-refractivity contribution in [3.8, 4) is 0 Å². The number of ether oxygens (including phenoxy) is 4. The second kappa shape index (κ2) is 10.8. The Balaban J connectivity index is 2.31. The van der Waals surface area contributed by atoms with Gasteiger partial charge in [0.1, 0.15) is 11.7 Å². The molecule has 1 saturated heterocycles. The number of halogens is 1. The Bertz CT molecular complexity index is 708. The van der Waals surface area contributed by atoms with Gasteiger partial charge in [-0.15, -0.1) is 0 Å². The third-order valence-corrected chi connectivity index (χ3v) is 4.73. The summed E-state index contributed by atoms with van der Waals surface area (Å²) in [7, 11) is 1.49. The Kier molecular flexibility index (Phi) is 8.81. The van der Waals surface area contributed by atoms with Gasteiger partial charge in [0.2, 0.25) is 0 Å². The summed E-state index contributed by atoms with van der Waals surface area (Å²) < 4.78 is 39.4. The van der Waals surface area contributed by atoms with Crippen molar-refractivity contribution in [2.24, 2.45) is 0 Å². The zero-order chi connectivity index (χ0) is 20.6. The summed E-state index contributed by atoms with van der Waals surface area (Å²) in [5, 5.41) is 0. The number of rotatable bonds is 12. The maximum absolute atomic E-state index is 15.4. The summed E-state index contributed by atoms with van der Waals surface area (Å²) in [5.41, 5.74) is -2.50. The van der Waals surface area contributed by atoms with Crippen LogP contribution in [0.15, 0.2) is 21.9 Å². The van der Waals surface area contributed by atoms with Crippen LogP contribution < -0.4 is 11.2 Å². The van der Waals surface area contributed by atoms with Crippen molar-refractivity contribution < 1.29 is 23.3 Å². The molecule has 2 heterocycles. The Morgan fingerprint density at radius 3 is 2.57 bits per heavy atom. The molecule has 0 aromatic carbocycles. The molecule has 1 aliphatic rings. The predicted molar refractivity (Wildman–Crippen MR) is 101 cm³/mol. The third-order valence-electron chi connectivity index (χ3n) is 4.73. The highest BCUT2D eigenvalue weighted by atomic mass is 19.1. The molecule has 0 amide bonds. The van der Waals surface area contributed by atoms with E-state index in [9.17, 15) is 9.59 Å². The molecule has 1 aliphatic heterocycles. The van der Waals surface area contributed by atoms with E-state index in [0.717, 1.165) is 36.3 Å². The molecule has 1 fully saturated rings. The molecule has 0 saturated carbocycles. The molecule has 1 aromatic heterocycles. The van der Waals surface area contributed by atoms with Crippen LogP contribution in [-0.2, 0) is 18.9 Å². The van der Waals surface area contributed by atoms with E-state index in [0.29, 0.717) is 13.2 Å². The van der Waals surface area contributed by atoms with Crippen LogP contribution >= 0.6 is 0 Å². The van der Waals surface area contributed by atoms with Crippen LogP contribution in [0.2, 0.25) is 0 Å². The summed E-state index contributed by atoms with van der Waals surface area (Å²) in [6.07, 6.45) is 0.879. The first-order chi connectivity index (χ1) is 13.5. The van der Waals surface area contributed by atoms with Crippen LogP contribution in [0.3, 0.4) is 0 Å². The molecule has 160 valence electrons. The van der Waals surface area contributed by atoms with E-state index in [1.165, 1.54) is 13.3 Å². The Labute approximate surface area is 163 Å². The second-order valence-corrected chi connectivity index (χ2v) is 7.02. The van der Waals surface area contributed by atoms with Gasteiger partial charge in [0.25, 0.3) is 5.56 Å². The minimum absolute atomic E-state index is 0.0466. The first kappa shape index (κ1) is 22.7. The highest BCUT2D eigenvalue weighted by Gasteiger charge is 2.58. The molecule has 1 aromatic rings. The average Bonchev–Trinajstić information content (AvgIpc) is 2.92. The Hall–Kier alpha value is -1.55. The van der Waals surface area contributed by atoms with Gasteiger partial charge in [-0.25, -0.2) is 9.18 Å². The van der Waals surface area contributed by atoms with Crippen molar-refractivity contribution in [2.75, 3.05) is 33.5 Å². The molecule has 28 heavy (non-hydrogen) atoms. The van der Waals surface area contributed by atoms with Crippen LogP contribution in [0.1, 0.15) is 45.8 Å². The summed E-state index contributed by atoms with van der Waals surface area (Å²) in [6, 6.07) is 1.15. The molecule has 0 radical (unpaired) electrons. The quantitative estimate of drug-likeness (QED) is 0.536. The summed E-state index contributed by atoms with van der Waals surface area (Å²) in [4.78, 5) is 25.6. The molecule has 1 N–H and O–H groups in total. The summed E-state index contributed by atoms with van der Waals surface area (Å²) in [5.74, 6) is 0. The number of aromatic amines is 1. The standard InChI is InChI=1S/C19H31FN2O6/c1-4-6-10-26-13-19(12-25-3)16(27-11-7-5-2)15(20)17(28-19)22-9-8-14(23)21-18(22)24/h8-9,15-17H,4-7,10-13H2,1-3H3,(H,21,23,24)/t15-,16+,17-,19-/m1/s1. The van der Waals surface area contributed by atoms with E-state index in [1.54, 1.807) is 0 Å². The number of methoxy groups -OCH3 is 1. The third kappa shape index (κ3) is 5.28. The molecule has 8 nitrogen and oxygen atoms in total. The fourth-order valence-electron chi connectivity index (χ4n) is 3.26. The lowest BCUT2D eigenvalue weighted by Gasteiger charge is -2.33. The number of alkyl halides is 1. The summed E-state index contributed by atoms with van der Waals surface area (Å²) >= 11 is 0. The molecule has 0 unspecified atom stereocenters. The zero-order valence-electron chi connectivity index (χ0n) is 16.8. The van der Waals surface area contributed by atoms with E-state index in [1.807, 2.05) is 13.8 Å². The van der Waals surface area contributed by atoms with Gasteiger partial charge in [0, 0.05) is 32.6 Å². The number of hydrogen-bond acceptors (Lipinski definition) is 6. The van der Waals surface area contributed by atoms with Gasteiger partial charge in [-0.05, 0) is 12.8 Å². The van der Waals surface area contributed by atoms with Crippen molar-refractivity contribution in [1.29, 1.82) is 0 Å². The molecule has 2 rings (SSSR count). The Morgan fingerprint density at radius 1 is 1.21 bits per heavy atom. The monoisotopic (exact) mass is 402 g/mol. The number of H-pyrrole nitrogens is 1. The maximum atomic E-state index is 15.4. The minimum Gasteiger partial charge on any atom is -0.381 e. The van der Waals surface area contributed by atoms with E-state index < -0.39 is 35.4 Å². The normalized spacial score (nSPS) is 27.4. The fourth-order valence-corrected chi connectivity index (χ4v) is 3.26. The number of hydrogen-bond donors (Lipinski definition) is 1. The van der Waals surface area contributed by atoms with Gasteiger partial charge >= 0.3 is 5.69 Å². The zero-order valence-corrected chi connectivity index (χ0v) is 16.8. The first-order valence-corrected chi connectivity index (χ1v) is 9.80. The van der Waals surface area contributed by atoms with E-state index in [2.05, 4.69) is 4.98 Å². The largest absolute Gasteiger partial charge is 0.381 e. The molecule has 9 heteroatoms. The van der Waals surface area contributed by atoms with Crippen molar-refractivity contribution >= 4 is 0 Å². The number of unbranched alkanes of at least 4 members (excludes halogenated alkanes) is 2. The molecular weight excluding hydrogens is 371 g/mol. The van der Waals surface area contributed by atoms with E-state index in [-0.39, 0.29) is 13.2 Å². The lowest BCUT2D eigenvalue weighted by Crippen LogP contribution is -2.51. The van der Waals surface area contributed by atoms with Crippen molar-refractivity contribution in [2.45, 2.75) is 63.6 Å². The van der Waals surface area contributed by atoms with Crippen LogP contribution in [0.4, 0.5) is 4.39 Å². The lowest BCUT2D eigenvalue weighted by atomic mass is 9.97. The highest BCUT2D eigenvalue weighted by Crippen LogP contribution is 2.41.